The number of rotatable bonds is 4. The highest BCUT2D eigenvalue weighted by atomic mass is 35.5. The van der Waals surface area contributed by atoms with Gasteiger partial charge < -0.3 is 5.32 Å². The number of fused-ring (bicyclic) bond motifs is 1. The summed E-state index contributed by atoms with van der Waals surface area (Å²) in [5.41, 5.74) is 2.76. The van der Waals surface area contributed by atoms with Crippen LogP contribution < -0.4 is 5.32 Å². The quantitative estimate of drug-likeness (QED) is 0.726. The third-order valence-electron chi connectivity index (χ3n) is 3.97. The lowest BCUT2D eigenvalue weighted by atomic mass is 9.99. The van der Waals surface area contributed by atoms with Crippen molar-refractivity contribution in [3.05, 3.63) is 51.9 Å². The summed E-state index contributed by atoms with van der Waals surface area (Å²) in [4.78, 5) is 0. The van der Waals surface area contributed by atoms with Crippen LogP contribution in [0.1, 0.15) is 49.9 Å². The number of hydrogen-bond acceptors (Lipinski definition) is 3. The van der Waals surface area contributed by atoms with Gasteiger partial charge in [0, 0.05) is 22.4 Å². The molecular formula is C17H20ClNS2. The number of benzene rings is 1. The van der Waals surface area contributed by atoms with Crippen LogP contribution in [0.25, 0.3) is 0 Å². The molecule has 3 rings (SSSR count). The minimum atomic E-state index is 0.358. The van der Waals surface area contributed by atoms with E-state index in [1.807, 2.05) is 35.2 Å². The zero-order valence-electron chi connectivity index (χ0n) is 12.3. The van der Waals surface area contributed by atoms with Gasteiger partial charge in [-0.05, 0) is 47.5 Å². The maximum absolute atomic E-state index is 6.15. The molecule has 0 saturated heterocycles. The first-order chi connectivity index (χ1) is 10.2. The van der Waals surface area contributed by atoms with Crippen molar-refractivity contribution in [2.24, 2.45) is 0 Å². The van der Waals surface area contributed by atoms with Gasteiger partial charge in [-0.1, -0.05) is 37.6 Å². The highest BCUT2D eigenvalue weighted by Gasteiger charge is 2.27. The van der Waals surface area contributed by atoms with E-state index in [9.17, 15) is 0 Å². The Kier molecular flexibility index (Phi) is 4.95. The summed E-state index contributed by atoms with van der Waals surface area (Å²) >= 11 is 10.0. The van der Waals surface area contributed by atoms with Crippen molar-refractivity contribution in [2.75, 3.05) is 0 Å². The SMILES string of the molecule is CCC(NC1C[C@H](C)Sc2sccc21)c1cccc(Cl)c1. The molecule has 2 unspecified atom stereocenters. The number of halogens is 1. The third kappa shape index (κ3) is 3.48. The highest BCUT2D eigenvalue weighted by molar-refractivity contribution is 8.01. The normalized spacial score (nSPS) is 22.8. The van der Waals surface area contributed by atoms with E-state index in [-0.39, 0.29) is 0 Å². The smallest absolute Gasteiger partial charge is 0.0649 e. The van der Waals surface area contributed by atoms with Crippen molar-refractivity contribution in [1.82, 2.24) is 5.32 Å². The molecule has 1 aliphatic heterocycles. The first kappa shape index (κ1) is 15.4. The van der Waals surface area contributed by atoms with Gasteiger partial charge in [0.25, 0.3) is 0 Å². The standard InChI is InChI=1S/C17H20ClNS2/c1-3-15(12-5-4-6-13(18)10-12)19-16-9-11(2)21-17-14(16)7-8-20-17/h4-8,10-11,15-16,19H,3,9H2,1-2H3/t11-,15?,16?/m0/s1. The monoisotopic (exact) mass is 337 g/mol. The summed E-state index contributed by atoms with van der Waals surface area (Å²) in [6.45, 7) is 4.55. The molecule has 0 amide bonds. The minimum Gasteiger partial charge on any atom is -0.303 e. The number of thioether (sulfide) groups is 1. The zero-order valence-corrected chi connectivity index (χ0v) is 14.7. The van der Waals surface area contributed by atoms with Crippen LogP contribution in [0.2, 0.25) is 5.02 Å². The molecule has 1 aromatic carbocycles. The largest absolute Gasteiger partial charge is 0.303 e. The molecule has 21 heavy (non-hydrogen) atoms. The highest BCUT2D eigenvalue weighted by Crippen LogP contribution is 2.44. The summed E-state index contributed by atoms with van der Waals surface area (Å²) in [6, 6.07) is 11.3. The lowest BCUT2D eigenvalue weighted by Gasteiger charge is -2.31. The van der Waals surface area contributed by atoms with Gasteiger partial charge in [0.1, 0.15) is 0 Å². The third-order valence-corrected chi connectivity index (χ3v) is 6.55. The van der Waals surface area contributed by atoms with Gasteiger partial charge in [-0.2, -0.15) is 0 Å². The summed E-state index contributed by atoms with van der Waals surface area (Å²) in [6.07, 6.45) is 2.25. The lowest BCUT2D eigenvalue weighted by molar-refractivity contribution is 0.409. The molecule has 1 nitrogen and oxygen atoms in total. The molecule has 0 spiro atoms. The predicted molar refractivity (Wildman–Crippen MR) is 94.6 cm³/mol. The second-order valence-corrected chi connectivity index (χ2v) is 8.62. The van der Waals surface area contributed by atoms with E-state index < -0.39 is 0 Å². The molecule has 4 heteroatoms. The van der Waals surface area contributed by atoms with Gasteiger partial charge in [-0.3, -0.25) is 0 Å². The van der Waals surface area contributed by atoms with Crippen LogP contribution in [0, 0.1) is 0 Å². The minimum absolute atomic E-state index is 0.358. The molecule has 0 saturated carbocycles. The molecular weight excluding hydrogens is 318 g/mol. The van der Waals surface area contributed by atoms with Crippen LogP contribution in [0.15, 0.2) is 39.9 Å². The maximum Gasteiger partial charge on any atom is 0.0649 e. The van der Waals surface area contributed by atoms with Gasteiger partial charge in [-0.15, -0.1) is 23.1 Å². The van der Waals surface area contributed by atoms with Crippen molar-refractivity contribution in [3.63, 3.8) is 0 Å². The Balaban J connectivity index is 1.82. The van der Waals surface area contributed by atoms with Crippen molar-refractivity contribution in [1.29, 1.82) is 0 Å². The topological polar surface area (TPSA) is 12.0 Å². The number of hydrogen-bond donors (Lipinski definition) is 1. The maximum atomic E-state index is 6.15. The average Bonchev–Trinajstić information content (AvgIpc) is 2.92. The Morgan fingerprint density at radius 2 is 2.24 bits per heavy atom. The Labute approximate surface area is 140 Å². The molecule has 2 heterocycles. The van der Waals surface area contributed by atoms with E-state index in [0.717, 1.165) is 11.4 Å². The first-order valence-corrected chi connectivity index (χ1v) is 9.56. The molecule has 0 radical (unpaired) electrons. The fraction of sp³-hybridized carbons (Fsp3) is 0.412. The Morgan fingerprint density at radius 1 is 1.38 bits per heavy atom. The van der Waals surface area contributed by atoms with Gasteiger partial charge in [0.15, 0.2) is 0 Å². The molecule has 2 aromatic rings. The molecule has 1 aromatic heterocycles. The van der Waals surface area contributed by atoms with E-state index in [2.05, 4.69) is 42.7 Å². The van der Waals surface area contributed by atoms with Crippen LogP contribution in [-0.4, -0.2) is 5.25 Å². The van der Waals surface area contributed by atoms with Crippen molar-refractivity contribution < 1.29 is 0 Å². The Morgan fingerprint density at radius 3 is 3.00 bits per heavy atom. The van der Waals surface area contributed by atoms with Gasteiger partial charge in [0.05, 0.1) is 4.21 Å². The Hall–Kier alpha value is -0.480. The van der Waals surface area contributed by atoms with E-state index in [0.29, 0.717) is 17.3 Å². The molecule has 0 bridgehead atoms. The van der Waals surface area contributed by atoms with Crippen LogP contribution in [0.5, 0.6) is 0 Å². The summed E-state index contributed by atoms with van der Waals surface area (Å²) in [5.74, 6) is 0. The molecule has 1 N–H and O–H groups in total. The molecule has 0 aliphatic carbocycles. The van der Waals surface area contributed by atoms with Gasteiger partial charge in [0.2, 0.25) is 0 Å². The molecule has 1 aliphatic rings. The average molecular weight is 338 g/mol. The van der Waals surface area contributed by atoms with Crippen molar-refractivity contribution >= 4 is 34.7 Å². The van der Waals surface area contributed by atoms with Crippen LogP contribution in [-0.2, 0) is 0 Å². The number of thiophene rings is 1. The van der Waals surface area contributed by atoms with E-state index in [1.165, 1.54) is 21.8 Å². The van der Waals surface area contributed by atoms with Crippen LogP contribution >= 0.6 is 34.7 Å². The van der Waals surface area contributed by atoms with E-state index in [4.69, 9.17) is 11.6 Å². The van der Waals surface area contributed by atoms with Crippen LogP contribution in [0.4, 0.5) is 0 Å². The fourth-order valence-electron chi connectivity index (χ4n) is 2.92. The molecule has 112 valence electrons. The van der Waals surface area contributed by atoms with Crippen LogP contribution in [0.3, 0.4) is 0 Å². The summed E-state index contributed by atoms with van der Waals surface area (Å²) in [7, 11) is 0. The van der Waals surface area contributed by atoms with E-state index >= 15 is 0 Å². The van der Waals surface area contributed by atoms with E-state index in [1.54, 1.807) is 0 Å². The summed E-state index contributed by atoms with van der Waals surface area (Å²) in [5, 5.41) is 7.56. The predicted octanol–water partition coefficient (Wildman–Crippen LogP) is 6.07. The van der Waals surface area contributed by atoms with Crippen molar-refractivity contribution in [3.8, 4) is 0 Å². The zero-order chi connectivity index (χ0) is 14.8. The second-order valence-electron chi connectivity index (χ2n) is 5.56. The van der Waals surface area contributed by atoms with Gasteiger partial charge in [-0.25, -0.2) is 0 Å². The number of nitrogens with one attached hydrogen (secondary N) is 1. The fourth-order valence-corrected chi connectivity index (χ4v) is 5.69. The van der Waals surface area contributed by atoms with Gasteiger partial charge >= 0.3 is 0 Å². The lowest BCUT2D eigenvalue weighted by Crippen LogP contribution is -2.29. The molecule has 0 fully saturated rings. The Bertz CT molecular complexity index is 610. The first-order valence-electron chi connectivity index (χ1n) is 7.43. The van der Waals surface area contributed by atoms with Crippen molar-refractivity contribution in [2.45, 2.75) is 48.2 Å². The summed E-state index contributed by atoms with van der Waals surface area (Å²) < 4.78 is 1.48. The molecule has 3 atom stereocenters. The second kappa shape index (κ2) is 6.74.